The molecule has 4 heteroatoms. The topological polar surface area (TPSA) is 51.2 Å². The van der Waals surface area contributed by atoms with Gasteiger partial charge in [-0.3, -0.25) is 11.3 Å². The first kappa shape index (κ1) is 10.4. The van der Waals surface area contributed by atoms with Crippen LogP contribution in [-0.4, -0.2) is 0 Å². The maximum Gasteiger partial charge on any atom is 0.105 e. The molecular formula is C11H14N2OS. The predicted octanol–water partition coefficient (Wildman–Crippen LogP) is 2.40. The predicted molar refractivity (Wildman–Crippen MR) is 61.5 cm³/mol. The van der Waals surface area contributed by atoms with Gasteiger partial charge in [-0.25, -0.2) is 0 Å². The fourth-order valence-electron chi connectivity index (χ4n) is 1.64. The van der Waals surface area contributed by atoms with Crippen molar-refractivity contribution in [2.24, 2.45) is 5.84 Å². The van der Waals surface area contributed by atoms with Gasteiger partial charge in [0, 0.05) is 16.9 Å². The van der Waals surface area contributed by atoms with Crippen molar-refractivity contribution in [2.75, 3.05) is 0 Å². The SMILES string of the molecule is Cc1occc1C(Cc1cccs1)NN. The van der Waals surface area contributed by atoms with Crippen molar-refractivity contribution < 1.29 is 4.42 Å². The van der Waals surface area contributed by atoms with E-state index in [0.717, 1.165) is 17.7 Å². The molecule has 80 valence electrons. The Labute approximate surface area is 92.9 Å². The number of thiophene rings is 1. The van der Waals surface area contributed by atoms with Crippen LogP contribution in [0.2, 0.25) is 0 Å². The van der Waals surface area contributed by atoms with Crippen LogP contribution in [0.1, 0.15) is 22.2 Å². The van der Waals surface area contributed by atoms with Gasteiger partial charge in [-0.2, -0.15) is 0 Å². The van der Waals surface area contributed by atoms with Gasteiger partial charge < -0.3 is 4.42 Å². The molecule has 3 nitrogen and oxygen atoms in total. The zero-order valence-corrected chi connectivity index (χ0v) is 9.38. The van der Waals surface area contributed by atoms with E-state index < -0.39 is 0 Å². The van der Waals surface area contributed by atoms with Crippen molar-refractivity contribution >= 4 is 11.3 Å². The van der Waals surface area contributed by atoms with E-state index in [4.69, 9.17) is 10.3 Å². The molecule has 2 aromatic heterocycles. The van der Waals surface area contributed by atoms with Gasteiger partial charge in [0.05, 0.1) is 12.3 Å². The Kier molecular flexibility index (Phi) is 3.20. The van der Waals surface area contributed by atoms with Crippen LogP contribution in [0.15, 0.2) is 34.3 Å². The normalized spacial score (nSPS) is 12.9. The molecule has 0 saturated carbocycles. The van der Waals surface area contributed by atoms with Crippen LogP contribution >= 0.6 is 11.3 Å². The van der Waals surface area contributed by atoms with Crippen LogP contribution in [0, 0.1) is 6.92 Å². The number of hydrazine groups is 1. The van der Waals surface area contributed by atoms with Gasteiger partial charge in [0.1, 0.15) is 5.76 Å². The van der Waals surface area contributed by atoms with Gasteiger partial charge >= 0.3 is 0 Å². The molecular weight excluding hydrogens is 208 g/mol. The number of hydrogen-bond donors (Lipinski definition) is 2. The summed E-state index contributed by atoms with van der Waals surface area (Å²) in [6.07, 6.45) is 2.60. The smallest absolute Gasteiger partial charge is 0.105 e. The van der Waals surface area contributed by atoms with Crippen molar-refractivity contribution in [2.45, 2.75) is 19.4 Å². The minimum atomic E-state index is 0.127. The third-order valence-electron chi connectivity index (χ3n) is 2.46. The molecule has 0 radical (unpaired) electrons. The summed E-state index contributed by atoms with van der Waals surface area (Å²) in [7, 11) is 0. The lowest BCUT2D eigenvalue weighted by Gasteiger charge is -2.13. The molecule has 15 heavy (non-hydrogen) atoms. The number of nitrogens with two attached hydrogens (primary N) is 1. The molecule has 0 aromatic carbocycles. The molecule has 0 saturated heterocycles. The van der Waals surface area contributed by atoms with E-state index in [1.807, 2.05) is 13.0 Å². The molecule has 2 rings (SSSR count). The highest BCUT2D eigenvalue weighted by Gasteiger charge is 2.15. The molecule has 0 aliphatic carbocycles. The van der Waals surface area contributed by atoms with Gasteiger partial charge in [0.25, 0.3) is 0 Å². The second-order valence-electron chi connectivity index (χ2n) is 3.43. The summed E-state index contributed by atoms with van der Waals surface area (Å²) in [6.45, 7) is 1.95. The molecule has 0 aliphatic rings. The summed E-state index contributed by atoms with van der Waals surface area (Å²) in [5.41, 5.74) is 3.96. The summed E-state index contributed by atoms with van der Waals surface area (Å²) in [5.74, 6) is 6.49. The standard InChI is InChI=1S/C11H14N2OS/c1-8-10(4-5-14-8)11(13-12)7-9-3-2-6-15-9/h2-6,11,13H,7,12H2,1H3. The van der Waals surface area contributed by atoms with E-state index in [1.165, 1.54) is 4.88 Å². The van der Waals surface area contributed by atoms with Crippen molar-refractivity contribution in [3.05, 3.63) is 46.0 Å². The molecule has 0 amide bonds. The largest absolute Gasteiger partial charge is 0.469 e. The molecule has 0 bridgehead atoms. The van der Waals surface area contributed by atoms with Crippen LogP contribution in [0.3, 0.4) is 0 Å². The fourth-order valence-corrected chi connectivity index (χ4v) is 2.40. The zero-order valence-electron chi connectivity index (χ0n) is 8.57. The van der Waals surface area contributed by atoms with E-state index in [1.54, 1.807) is 17.6 Å². The lowest BCUT2D eigenvalue weighted by atomic mass is 10.0. The quantitative estimate of drug-likeness (QED) is 0.617. The second-order valence-corrected chi connectivity index (χ2v) is 4.47. The van der Waals surface area contributed by atoms with Crippen molar-refractivity contribution in [3.8, 4) is 0 Å². The average Bonchev–Trinajstić information content (AvgIpc) is 2.85. The Morgan fingerprint density at radius 3 is 2.93 bits per heavy atom. The lowest BCUT2D eigenvalue weighted by molar-refractivity contribution is 0.503. The van der Waals surface area contributed by atoms with Gasteiger partial charge in [-0.05, 0) is 24.4 Å². The van der Waals surface area contributed by atoms with Gasteiger partial charge in [-0.15, -0.1) is 11.3 Å². The summed E-state index contributed by atoms with van der Waals surface area (Å²) in [4.78, 5) is 1.32. The van der Waals surface area contributed by atoms with Crippen LogP contribution in [0.25, 0.3) is 0 Å². The van der Waals surface area contributed by atoms with E-state index in [9.17, 15) is 0 Å². The molecule has 0 aliphatic heterocycles. The lowest BCUT2D eigenvalue weighted by Crippen LogP contribution is -2.29. The van der Waals surface area contributed by atoms with Crippen LogP contribution in [0.5, 0.6) is 0 Å². The molecule has 2 aromatic rings. The molecule has 0 spiro atoms. The number of aryl methyl sites for hydroxylation is 1. The van der Waals surface area contributed by atoms with Crippen LogP contribution in [-0.2, 0) is 6.42 Å². The second kappa shape index (κ2) is 4.61. The van der Waals surface area contributed by atoms with E-state index >= 15 is 0 Å². The van der Waals surface area contributed by atoms with E-state index in [0.29, 0.717) is 0 Å². The minimum absolute atomic E-state index is 0.127. The Morgan fingerprint density at radius 2 is 2.40 bits per heavy atom. The van der Waals surface area contributed by atoms with Crippen LogP contribution in [0.4, 0.5) is 0 Å². The Bertz CT molecular complexity index is 408. The number of hydrogen-bond acceptors (Lipinski definition) is 4. The highest BCUT2D eigenvalue weighted by atomic mass is 32.1. The first-order valence-corrected chi connectivity index (χ1v) is 5.71. The molecule has 0 fully saturated rings. The summed E-state index contributed by atoms with van der Waals surface area (Å²) in [6, 6.07) is 6.26. The third kappa shape index (κ3) is 2.28. The maximum atomic E-state index is 5.56. The van der Waals surface area contributed by atoms with E-state index in [-0.39, 0.29) is 6.04 Å². The van der Waals surface area contributed by atoms with Gasteiger partial charge in [0.2, 0.25) is 0 Å². The number of nitrogens with one attached hydrogen (secondary N) is 1. The molecule has 1 unspecified atom stereocenters. The first-order valence-electron chi connectivity index (χ1n) is 4.83. The summed E-state index contributed by atoms with van der Waals surface area (Å²) < 4.78 is 5.27. The monoisotopic (exact) mass is 222 g/mol. The minimum Gasteiger partial charge on any atom is -0.469 e. The van der Waals surface area contributed by atoms with Gasteiger partial charge in [0.15, 0.2) is 0 Å². The first-order chi connectivity index (χ1) is 7.31. The highest BCUT2D eigenvalue weighted by Crippen LogP contribution is 2.23. The average molecular weight is 222 g/mol. The third-order valence-corrected chi connectivity index (χ3v) is 3.36. The molecule has 2 heterocycles. The summed E-state index contributed by atoms with van der Waals surface area (Å²) in [5, 5.41) is 2.07. The molecule has 3 N–H and O–H groups in total. The number of rotatable bonds is 4. The fraction of sp³-hybridized carbons (Fsp3) is 0.273. The van der Waals surface area contributed by atoms with Crippen molar-refractivity contribution in [1.82, 2.24) is 5.43 Å². The number of furan rings is 1. The Balaban J connectivity index is 2.15. The van der Waals surface area contributed by atoms with E-state index in [2.05, 4.69) is 22.9 Å². The Hall–Kier alpha value is -1.10. The van der Waals surface area contributed by atoms with Gasteiger partial charge in [-0.1, -0.05) is 6.07 Å². The van der Waals surface area contributed by atoms with Crippen molar-refractivity contribution in [3.63, 3.8) is 0 Å². The molecule has 1 atom stereocenters. The summed E-state index contributed by atoms with van der Waals surface area (Å²) >= 11 is 1.74. The van der Waals surface area contributed by atoms with Crippen molar-refractivity contribution in [1.29, 1.82) is 0 Å². The maximum absolute atomic E-state index is 5.56. The Morgan fingerprint density at radius 1 is 1.53 bits per heavy atom. The zero-order chi connectivity index (χ0) is 10.7. The highest BCUT2D eigenvalue weighted by molar-refractivity contribution is 7.09. The van der Waals surface area contributed by atoms with Crippen LogP contribution < -0.4 is 11.3 Å².